The second-order valence-corrected chi connectivity index (χ2v) is 2.38. The number of aliphatic hydroxyl groups excluding tert-OH is 1. The maximum Gasteiger partial charge on any atom is 0.0957 e. The molecule has 5 heteroatoms. The predicted molar refractivity (Wildman–Crippen MR) is 47.3 cm³/mol. The van der Waals surface area contributed by atoms with Crippen LogP contribution >= 0.6 is 0 Å². The van der Waals surface area contributed by atoms with E-state index in [0.717, 1.165) is 6.54 Å². The summed E-state index contributed by atoms with van der Waals surface area (Å²) in [5, 5.41) is 8.82. The number of nitrogens with one attached hydrogen (secondary N) is 1. The van der Waals surface area contributed by atoms with E-state index in [2.05, 4.69) is 5.48 Å². The summed E-state index contributed by atoms with van der Waals surface area (Å²) < 4.78 is 0. The highest BCUT2D eigenvalue weighted by atomic mass is 16.6. The Bertz CT molecular complexity index is 92.7. The fourth-order valence-electron chi connectivity index (χ4n) is 0.814. The van der Waals surface area contributed by atoms with Crippen LogP contribution in [-0.2, 0) is 4.84 Å². The van der Waals surface area contributed by atoms with Crippen LogP contribution in [-0.4, -0.2) is 49.5 Å². The van der Waals surface area contributed by atoms with Gasteiger partial charge in [-0.1, -0.05) is 0 Å². The molecule has 0 amide bonds. The number of hydroxylamine groups is 1. The van der Waals surface area contributed by atoms with Crippen LogP contribution in [0.25, 0.3) is 0 Å². The van der Waals surface area contributed by atoms with E-state index in [1.54, 1.807) is 0 Å². The van der Waals surface area contributed by atoms with E-state index in [4.69, 9.17) is 15.7 Å². The summed E-state index contributed by atoms with van der Waals surface area (Å²) >= 11 is 0. The molecule has 0 aromatic carbocycles. The van der Waals surface area contributed by atoms with Gasteiger partial charge in [-0.2, -0.15) is 0 Å². The summed E-state index contributed by atoms with van der Waals surface area (Å²) in [6.45, 7) is 5.33. The molecular weight excluding hydrogens is 158 g/mol. The lowest BCUT2D eigenvalue weighted by molar-refractivity contribution is 0.0349. The van der Waals surface area contributed by atoms with Crippen molar-refractivity contribution in [2.24, 2.45) is 5.73 Å². The molecule has 0 bridgehead atoms. The van der Waals surface area contributed by atoms with E-state index in [0.29, 0.717) is 26.2 Å². The van der Waals surface area contributed by atoms with Gasteiger partial charge in [0.15, 0.2) is 0 Å². The average molecular weight is 177 g/mol. The maximum absolute atomic E-state index is 8.82. The van der Waals surface area contributed by atoms with Gasteiger partial charge in [0.1, 0.15) is 0 Å². The topological polar surface area (TPSA) is 70.8 Å². The lowest BCUT2D eigenvalue weighted by atomic mass is 10.5. The Hall–Kier alpha value is -0.200. The zero-order valence-electron chi connectivity index (χ0n) is 7.62. The molecule has 0 fully saturated rings. The maximum atomic E-state index is 8.82. The number of rotatable bonds is 8. The summed E-state index contributed by atoms with van der Waals surface area (Å²) in [6, 6.07) is 0. The fourth-order valence-corrected chi connectivity index (χ4v) is 0.814. The van der Waals surface area contributed by atoms with Crippen LogP contribution in [0.15, 0.2) is 0 Å². The van der Waals surface area contributed by atoms with E-state index in [1.807, 2.05) is 11.8 Å². The van der Waals surface area contributed by atoms with Crippen LogP contribution in [0.3, 0.4) is 0 Å². The van der Waals surface area contributed by atoms with Gasteiger partial charge >= 0.3 is 0 Å². The molecule has 0 aromatic heterocycles. The van der Waals surface area contributed by atoms with E-state index in [-0.39, 0.29) is 6.73 Å². The van der Waals surface area contributed by atoms with Crippen molar-refractivity contribution in [1.82, 2.24) is 10.4 Å². The number of hydrogen-bond acceptors (Lipinski definition) is 5. The standard InChI is InChI=1S/C7H19N3O2/c1-2-12-9-4-6-10(7-11)5-3-8/h9,11H,2-8H2,1H3. The van der Waals surface area contributed by atoms with Gasteiger partial charge in [0.2, 0.25) is 0 Å². The van der Waals surface area contributed by atoms with Crippen molar-refractivity contribution >= 4 is 0 Å². The first-order valence-electron chi connectivity index (χ1n) is 4.23. The molecule has 74 valence electrons. The smallest absolute Gasteiger partial charge is 0.0957 e. The second-order valence-electron chi connectivity index (χ2n) is 2.38. The third-order valence-corrected chi connectivity index (χ3v) is 1.42. The first kappa shape index (κ1) is 11.8. The summed E-state index contributed by atoms with van der Waals surface area (Å²) in [5.74, 6) is 0. The third-order valence-electron chi connectivity index (χ3n) is 1.42. The van der Waals surface area contributed by atoms with Crippen LogP contribution in [0.1, 0.15) is 6.92 Å². The SMILES string of the molecule is CCONCCN(CO)CCN. The molecule has 0 radical (unpaired) electrons. The average Bonchev–Trinajstić information content (AvgIpc) is 2.10. The van der Waals surface area contributed by atoms with E-state index in [9.17, 15) is 0 Å². The van der Waals surface area contributed by atoms with Crippen molar-refractivity contribution in [2.45, 2.75) is 6.92 Å². The molecule has 0 spiro atoms. The summed E-state index contributed by atoms with van der Waals surface area (Å²) in [6.07, 6.45) is 0. The lowest BCUT2D eigenvalue weighted by Gasteiger charge is -2.17. The Balaban J connectivity index is 3.19. The van der Waals surface area contributed by atoms with Crippen molar-refractivity contribution in [1.29, 1.82) is 0 Å². The van der Waals surface area contributed by atoms with Crippen molar-refractivity contribution in [3.8, 4) is 0 Å². The molecule has 0 aliphatic heterocycles. The molecule has 0 aliphatic carbocycles. The van der Waals surface area contributed by atoms with Gasteiger partial charge in [0, 0.05) is 26.2 Å². The summed E-state index contributed by atoms with van der Waals surface area (Å²) in [4.78, 5) is 6.76. The van der Waals surface area contributed by atoms with Gasteiger partial charge in [0.25, 0.3) is 0 Å². The Morgan fingerprint density at radius 2 is 2.25 bits per heavy atom. The Labute approximate surface area is 73.4 Å². The van der Waals surface area contributed by atoms with Gasteiger partial charge < -0.3 is 15.7 Å². The quantitative estimate of drug-likeness (QED) is 0.245. The van der Waals surface area contributed by atoms with E-state index >= 15 is 0 Å². The van der Waals surface area contributed by atoms with Gasteiger partial charge in [0.05, 0.1) is 13.3 Å². The molecule has 0 saturated heterocycles. The Morgan fingerprint density at radius 1 is 1.50 bits per heavy atom. The van der Waals surface area contributed by atoms with Crippen LogP contribution in [0.5, 0.6) is 0 Å². The minimum atomic E-state index is 0.0466. The molecule has 0 heterocycles. The van der Waals surface area contributed by atoms with Gasteiger partial charge in [-0.25, -0.2) is 5.48 Å². The highest BCUT2D eigenvalue weighted by Crippen LogP contribution is 1.81. The largest absolute Gasteiger partial charge is 0.381 e. The second kappa shape index (κ2) is 8.89. The lowest BCUT2D eigenvalue weighted by Crippen LogP contribution is -2.36. The van der Waals surface area contributed by atoms with Crippen molar-refractivity contribution in [3.05, 3.63) is 0 Å². The molecule has 0 aromatic rings. The highest BCUT2D eigenvalue weighted by Gasteiger charge is 1.99. The zero-order valence-corrected chi connectivity index (χ0v) is 7.62. The molecule has 5 nitrogen and oxygen atoms in total. The normalized spacial score (nSPS) is 11.0. The summed E-state index contributed by atoms with van der Waals surface area (Å²) in [5.41, 5.74) is 8.10. The van der Waals surface area contributed by atoms with Crippen molar-refractivity contribution < 1.29 is 9.94 Å². The van der Waals surface area contributed by atoms with E-state index in [1.165, 1.54) is 0 Å². The number of nitrogens with two attached hydrogens (primary N) is 1. The molecular formula is C7H19N3O2. The van der Waals surface area contributed by atoms with Crippen LogP contribution in [0, 0.1) is 0 Å². The fraction of sp³-hybridized carbons (Fsp3) is 1.00. The monoisotopic (exact) mass is 177 g/mol. The van der Waals surface area contributed by atoms with Crippen molar-refractivity contribution in [3.63, 3.8) is 0 Å². The van der Waals surface area contributed by atoms with Crippen LogP contribution < -0.4 is 11.2 Å². The minimum absolute atomic E-state index is 0.0466. The van der Waals surface area contributed by atoms with Crippen molar-refractivity contribution in [2.75, 3.05) is 39.5 Å². The number of hydrogen-bond donors (Lipinski definition) is 3. The first-order valence-corrected chi connectivity index (χ1v) is 4.23. The third kappa shape index (κ3) is 6.51. The molecule has 0 saturated carbocycles. The zero-order chi connectivity index (χ0) is 9.23. The Morgan fingerprint density at radius 3 is 2.75 bits per heavy atom. The molecule has 0 atom stereocenters. The Kier molecular flexibility index (Phi) is 8.74. The van der Waals surface area contributed by atoms with Crippen LogP contribution in [0.2, 0.25) is 0 Å². The highest BCUT2D eigenvalue weighted by molar-refractivity contribution is 4.53. The van der Waals surface area contributed by atoms with Gasteiger partial charge in [-0.15, -0.1) is 0 Å². The predicted octanol–water partition coefficient (Wildman–Crippen LogP) is -1.26. The molecule has 0 unspecified atom stereocenters. The molecule has 0 rings (SSSR count). The van der Waals surface area contributed by atoms with Gasteiger partial charge in [-0.3, -0.25) is 4.90 Å². The van der Waals surface area contributed by atoms with Crippen LogP contribution in [0.4, 0.5) is 0 Å². The summed E-state index contributed by atoms with van der Waals surface area (Å²) in [7, 11) is 0. The minimum Gasteiger partial charge on any atom is -0.381 e. The first-order chi connectivity index (χ1) is 5.85. The van der Waals surface area contributed by atoms with Gasteiger partial charge in [-0.05, 0) is 6.92 Å². The molecule has 4 N–H and O–H groups in total. The molecule has 12 heavy (non-hydrogen) atoms. The molecule has 0 aliphatic rings. The number of nitrogens with zero attached hydrogens (tertiary/aromatic N) is 1. The van der Waals surface area contributed by atoms with E-state index < -0.39 is 0 Å². The number of aliphatic hydroxyl groups is 1.